The summed E-state index contributed by atoms with van der Waals surface area (Å²) in [7, 11) is -4.67. The highest BCUT2D eigenvalue weighted by molar-refractivity contribution is 7.79. The van der Waals surface area contributed by atoms with Gasteiger partial charge in [-0.05, 0) is 0 Å². The van der Waals surface area contributed by atoms with E-state index in [9.17, 15) is 0 Å². The van der Waals surface area contributed by atoms with E-state index < -0.39 is 10.4 Å². The molecule has 0 bridgehead atoms. The van der Waals surface area contributed by atoms with Crippen LogP contribution in [0.3, 0.4) is 0 Å². The Morgan fingerprint density at radius 3 is 1.92 bits per heavy atom. The molecule has 0 saturated carbocycles. The van der Waals surface area contributed by atoms with Gasteiger partial charge in [-0.3, -0.25) is 9.11 Å². The Labute approximate surface area is 76.3 Å². The molecule has 1 heterocycles. The molecule has 0 aromatic heterocycles. The summed E-state index contributed by atoms with van der Waals surface area (Å²) >= 11 is 0. The quantitative estimate of drug-likeness (QED) is 0.381. The van der Waals surface area contributed by atoms with E-state index in [1.165, 1.54) is 0 Å². The first-order valence-electron chi connectivity index (χ1n) is 3.68. The molecule has 1 fully saturated rings. The Morgan fingerprint density at radius 2 is 1.69 bits per heavy atom. The zero-order valence-electron chi connectivity index (χ0n) is 6.92. The van der Waals surface area contributed by atoms with Crippen LogP contribution in [0.4, 0.5) is 0 Å². The number of hydrogen-bond donors (Lipinski definition) is 3. The first-order valence-corrected chi connectivity index (χ1v) is 5.08. The summed E-state index contributed by atoms with van der Waals surface area (Å²) in [5, 5.41) is 11.5. The summed E-state index contributed by atoms with van der Waals surface area (Å²) < 4.78 is 31.6. The predicted octanol–water partition coefficient (Wildman–Crippen LogP) is -0.0613. The molecule has 0 aromatic carbocycles. The van der Waals surface area contributed by atoms with Crippen molar-refractivity contribution in [3.63, 3.8) is 0 Å². The highest BCUT2D eigenvalue weighted by Gasteiger charge is 2.21. The largest absolute Gasteiger partial charge is 0.394 e. The van der Waals surface area contributed by atoms with Crippen LogP contribution in [0, 0.1) is 5.39 Å². The maximum atomic E-state index is 8.74. The lowest BCUT2D eigenvalue weighted by Crippen LogP contribution is -2.28. The maximum absolute atomic E-state index is 8.74. The van der Waals surface area contributed by atoms with Crippen LogP contribution in [0.2, 0.25) is 0 Å². The Kier molecular flexibility index (Phi) is 5.48. The fourth-order valence-electron chi connectivity index (χ4n) is 0.922. The average molecular weight is 210 g/mol. The van der Waals surface area contributed by atoms with Gasteiger partial charge in [-0.25, -0.2) is 0 Å². The molecule has 1 rings (SSSR count). The molecule has 13 heavy (non-hydrogen) atoms. The van der Waals surface area contributed by atoms with Gasteiger partial charge in [0.05, 0.1) is 0 Å². The lowest BCUT2D eigenvalue weighted by molar-refractivity contribution is 0.381. The molecule has 1 saturated heterocycles. The second-order valence-corrected chi connectivity index (χ2v) is 3.44. The van der Waals surface area contributed by atoms with Gasteiger partial charge in [0.1, 0.15) is 4.98 Å². The zero-order chi connectivity index (χ0) is 10.3. The van der Waals surface area contributed by atoms with E-state index in [1.54, 1.807) is 0 Å². The number of nitrogens with zero attached hydrogens (tertiary/aromatic N) is 2. The van der Waals surface area contributed by atoms with Crippen molar-refractivity contribution >= 4 is 10.4 Å². The minimum absolute atomic E-state index is 0.205. The van der Waals surface area contributed by atoms with E-state index >= 15 is 0 Å². The third-order valence-electron chi connectivity index (χ3n) is 1.47. The van der Waals surface area contributed by atoms with Gasteiger partial charge in [-0.15, -0.1) is 0 Å². The summed E-state index contributed by atoms with van der Waals surface area (Å²) in [5.74, 6) is 0. The van der Waals surface area contributed by atoms with Gasteiger partial charge in [-0.2, -0.15) is 8.42 Å². The first kappa shape index (κ1) is 12.2. The van der Waals surface area contributed by atoms with Gasteiger partial charge in [0.15, 0.2) is 0 Å². The number of nitrogens with one attached hydrogen (secondary N) is 1. The van der Waals surface area contributed by atoms with Crippen LogP contribution in [0.25, 0.3) is 4.98 Å². The topological polar surface area (TPSA) is 115 Å². The van der Waals surface area contributed by atoms with Crippen molar-refractivity contribution in [1.29, 1.82) is 5.39 Å². The number of rotatable bonds is 0. The third-order valence-corrected chi connectivity index (χ3v) is 1.47. The van der Waals surface area contributed by atoms with E-state index in [1.807, 2.05) is 0 Å². The maximum Gasteiger partial charge on any atom is 0.394 e. The summed E-state index contributed by atoms with van der Waals surface area (Å²) in [6.45, 7) is 1.99. The van der Waals surface area contributed by atoms with Gasteiger partial charge in [0.25, 0.3) is 0 Å². The zero-order valence-corrected chi connectivity index (χ0v) is 7.74. The molecule has 0 aliphatic carbocycles. The molecular weight excluding hydrogens is 198 g/mol. The predicted molar refractivity (Wildman–Crippen MR) is 45.2 cm³/mol. The van der Waals surface area contributed by atoms with Crippen LogP contribution in [0.1, 0.15) is 12.8 Å². The molecule has 0 aromatic rings. The van der Waals surface area contributed by atoms with E-state index in [0.29, 0.717) is 0 Å². The molecule has 3 N–H and O–H groups in total. The highest BCUT2D eigenvalue weighted by atomic mass is 32.3. The number of piperidine rings is 1. The summed E-state index contributed by atoms with van der Waals surface area (Å²) in [5.41, 5.74) is 0. The molecular formula is C5H12N3O4S+. The van der Waals surface area contributed by atoms with Crippen molar-refractivity contribution in [3.05, 3.63) is 4.98 Å². The monoisotopic (exact) mass is 210 g/mol. The molecule has 0 amide bonds. The highest BCUT2D eigenvalue weighted by Crippen LogP contribution is 2.04. The SMILES string of the molecule is N#[N+]C1CCNCC1.O=S(=O)(O)O. The summed E-state index contributed by atoms with van der Waals surface area (Å²) in [6, 6.07) is 0.205. The van der Waals surface area contributed by atoms with Crippen molar-refractivity contribution in [1.82, 2.24) is 5.32 Å². The molecule has 7 nitrogen and oxygen atoms in total. The Morgan fingerprint density at radius 1 is 1.31 bits per heavy atom. The fourth-order valence-corrected chi connectivity index (χ4v) is 0.922. The molecule has 76 valence electrons. The molecule has 1 aliphatic rings. The minimum Gasteiger partial charge on any atom is -0.316 e. The fraction of sp³-hybridized carbons (Fsp3) is 1.00. The van der Waals surface area contributed by atoms with E-state index in [2.05, 4.69) is 10.3 Å². The van der Waals surface area contributed by atoms with E-state index in [4.69, 9.17) is 22.9 Å². The smallest absolute Gasteiger partial charge is 0.316 e. The van der Waals surface area contributed by atoms with Crippen LogP contribution in [-0.2, 0) is 10.4 Å². The molecule has 0 atom stereocenters. The van der Waals surface area contributed by atoms with Crippen LogP contribution in [-0.4, -0.2) is 36.7 Å². The lowest BCUT2D eigenvalue weighted by atomic mass is 10.1. The standard InChI is InChI=1S/C5H10N3.H2O4S/c6-8-5-1-3-7-4-2-5;1-5(2,3)4/h5,7H,1-4H2;(H2,1,2,3,4)/q+1;. The molecule has 0 spiro atoms. The van der Waals surface area contributed by atoms with Gasteiger partial charge >= 0.3 is 16.4 Å². The lowest BCUT2D eigenvalue weighted by Gasteiger charge is -2.07. The van der Waals surface area contributed by atoms with Crippen molar-refractivity contribution in [3.8, 4) is 0 Å². The summed E-state index contributed by atoms with van der Waals surface area (Å²) in [6.07, 6.45) is 1.97. The van der Waals surface area contributed by atoms with Crippen LogP contribution < -0.4 is 5.32 Å². The van der Waals surface area contributed by atoms with Gasteiger partial charge in [-0.1, -0.05) is 0 Å². The van der Waals surface area contributed by atoms with E-state index in [0.717, 1.165) is 25.9 Å². The molecule has 0 radical (unpaired) electrons. The normalized spacial score (nSPS) is 18.2. The van der Waals surface area contributed by atoms with E-state index in [-0.39, 0.29) is 6.04 Å². The summed E-state index contributed by atoms with van der Waals surface area (Å²) in [4.78, 5) is 3.21. The Hall–Kier alpha value is -0.750. The average Bonchev–Trinajstić information content (AvgIpc) is 2.03. The van der Waals surface area contributed by atoms with Gasteiger partial charge in [0, 0.05) is 25.9 Å². The molecule has 8 heteroatoms. The van der Waals surface area contributed by atoms with Crippen molar-refractivity contribution in [2.45, 2.75) is 18.9 Å². The minimum atomic E-state index is -4.67. The van der Waals surface area contributed by atoms with Crippen LogP contribution >= 0.6 is 0 Å². The number of diazo groups is 1. The van der Waals surface area contributed by atoms with Gasteiger partial charge < -0.3 is 5.32 Å². The van der Waals surface area contributed by atoms with Crippen molar-refractivity contribution in [2.75, 3.05) is 13.1 Å². The Bertz CT molecular complexity index is 256. The second kappa shape index (κ2) is 5.82. The first-order chi connectivity index (χ1) is 5.93. The van der Waals surface area contributed by atoms with Gasteiger partial charge in [0.2, 0.25) is 5.39 Å². The molecule has 1 aliphatic heterocycles. The number of hydrogen-bond acceptors (Lipinski definition) is 4. The third kappa shape index (κ3) is 11.2. The Balaban J connectivity index is 0.000000252. The second-order valence-electron chi connectivity index (χ2n) is 2.54. The van der Waals surface area contributed by atoms with Crippen molar-refractivity contribution < 1.29 is 17.5 Å². The van der Waals surface area contributed by atoms with Crippen LogP contribution in [0.15, 0.2) is 0 Å². The molecule has 0 unspecified atom stereocenters. The van der Waals surface area contributed by atoms with Crippen LogP contribution in [0.5, 0.6) is 0 Å². The van der Waals surface area contributed by atoms with Crippen molar-refractivity contribution in [2.24, 2.45) is 0 Å².